The smallest absolute Gasteiger partial charge is 0.329 e. The van der Waals surface area contributed by atoms with Crippen LogP contribution < -0.4 is 11.0 Å². The van der Waals surface area contributed by atoms with Crippen LogP contribution in [-0.2, 0) is 4.79 Å². The number of hydrogen-bond donors (Lipinski definition) is 1. The third-order valence-corrected chi connectivity index (χ3v) is 4.33. The van der Waals surface area contributed by atoms with Crippen LogP contribution in [0, 0.1) is 0 Å². The molecule has 0 bridgehead atoms. The SMILES string of the molecule is O=C1CCC(n2c(=O)n(C3CC3)c3ccccc32)CN1. The second kappa shape index (κ2) is 4.23. The van der Waals surface area contributed by atoms with E-state index in [2.05, 4.69) is 5.32 Å². The summed E-state index contributed by atoms with van der Waals surface area (Å²) in [6.07, 6.45) is 3.43. The van der Waals surface area contributed by atoms with Gasteiger partial charge in [-0.15, -0.1) is 0 Å². The lowest BCUT2D eigenvalue weighted by molar-refractivity contribution is -0.122. The highest BCUT2D eigenvalue weighted by Crippen LogP contribution is 2.36. The molecule has 1 aliphatic heterocycles. The predicted octanol–water partition coefficient (Wildman–Crippen LogP) is 1.59. The zero-order valence-corrected chi connectivity index (χ0v) is 11.2. The van der Waals surface area contributed by atoms with Crippen LogP contribution in [0.15, 0.2) is 29.1 Å². The van der Waals surface area contributed by atoms with Crippen molar-refractivity contribution in [2.24, 2.45) is 0 Å². The summed E-state index contributed by atoms with van der Waals surface area (Å²) in [6.45, 7) is 0.553. The van der Waals surface area contributed by atoms with Gasteiger partial charge in [0.05, 0.1) is 17.1 Å². The van der Waals surface area contributed by atoms with Crippen molar-refractivity contribution in [3.8, 4) is 0 Å². The Balaban J connectivity index is 1.88. The van der Waals surface area contributed by atoms with Gasteiger partial charge in [-0.1, -0.05) is 12.1 Å². The Hall–Kier alpha value is -2.04. The molecular weight excluding hydrogens is 254 g/mol. The number of hydrogen-bond acceptors (Lipinski definition) is 2. The first-order valence-corrected chi connectivity index (χ1v) is 7.24. The number of aromatic nitrogens is 2. The van der Waals surface area contributed by atoms with Gasteiger partial charge in [-0.3, -0.25) is 13.9 Å². The van der Waals surface area contributed by atoms with Crippen LogP contribution in [0.4, 0.5) is 0 Å². The molecule has 2 aromatic rings. The lowest BCUT2D eigenvalue weighted by Gasteiger charge is -2.23. The van der Waals surface area contributed by atoms with Gasteiger partial charge in [-0.05, 0) is 31.4 Å². The van der Waals surface area contributed by atoms with Gasteiger partial charge in [0.1, 0.15) is 0 Å². The molecule has 1 aromatic carbocycles. The van der Waals surface area contributed by atoms with E-state index in [0.29, 0.717) is 19.0 Å². The minimum absolute atomic E-state index is 0.0742. The van der Waals surface area contributed by atoms with Crippen molar-refractivity contribution in [1.29, 1.82) is 0 Å². The lowest BCUT2D eigenvalue weighted by atomic mass is 10.1. The predicted molar refractivity (Wildman–Crippen MR) is 75.7 cm³/mol. The quantitative estimate of drug-likeness (QED) is 0.901. The van der Waals surface area contributed by atoms with Crippen molar-refractivity contribution >= 4 is 16.9 Å². The fraction of sp³-hybridized carbons (Fsp3) is 0.467. The fourth-order valence-corrected chi connectivity index (χ4v) is 3.17. The Kier molecular flexibility index (Phi) is 2.49. The van der Waals surface area contributed by atoms with Gasteiger partial charge in [0.2, 0.25) is 5.91 Å². The molecule has 4 rings (SSSR count). The molecule has 0 radical (unpaired) electrons. The number of piperidine rings is 1. The van der Waals surface area contributed by atoms with Gasteiger partial charge < -0.3 is 5.32 Å². The largest absolute Gasteiger partial charge is 0.354 e. The molecule has 1 saturated heterocycles. The summed E-state index contributed by atoms with van der Waals surface area (Å²) >= 11 is 0. The maximum absolute atomic E-state index is 12.8. The Morgan fingerprint density at radius 2 is 1.60 bits per heavy atom. The van der Waals surface area contributed by atoms with Gasteiger partial charge >= 0.3 is 5.69 Å². The van der Waals surface area contributed by atoms with Crippen molar-refractivity contribution in [2.45, 2.75) is 37.8 Å². The monoisotopic (exact) mass is 271 g/mol. The lowest BCUT2D eigenvalue weighted by Crippen LogP contribution is -2.39. The summed E-state index contributed by atoms with van der Waals surface area (Å²) in [4.78, 5) is 24.1. The van der Waals surface area contributed by atoms with Crippen molar-refractivity contribution < 1.29 is 4.79 Å². The highest BCUT2D eigenvalue weighted by molar-refractivity contribution is 5.78. The molecule has 1 aromatic heterocycles. The van der Waals surface area contributed by atoms with Gasteiger partial charge in [0.25, 0.3) is 0 Å². The number of rotatable bonds is 2. The minimum atomic E-state index is 0.0742. The van der Waals surface area contributed by atoms with Crippen LogP contribution in [0.3, 0.4) is 0 Å². The summed E-state index contributed by atoms with van der Waals surface area (Å²) in [5, 5.41) is 2.87. The first-order chi connectivity index (χ1) is 9.75. The van der Waals surface area contributed by atoms with E-state index in [0.717, 1.165) is 30.3 Å². The summed E-state index contributed by atoms with van der Waals surface area (Å²) in [5.74, 6) is 0.0835. The van der Waals surface area contributed by atoms with Crippen molar-refractivity contribution in [2.75, 3.05) is 6.54 Å². The minimum Gasteiger partial charge on any atom is -0.354 e. The molecular formula is C15H17N3O2. The molecule has 1 atom stereocenters. The second-order valence-electron chi connectivity index (χ2n) is 5.74. The average molecular weight is 271 g/mol. The molecule has 1 N–H and O–H groups in total. The van der Waals surface area contributed by atoms with E-state index < -0.39 is 0 Å². The highest BCUT2D eigenvalue weighted by atomic mass is 16.2. The van der Waals surface area contributed by atoms with Crippen molar-refractivity contribution in [3.05, 3.63) is 34.7 Å². The third-order valence-electron chi connectivity index (χ3n) is 4.33. The number of para-hydroxylation sites is 2. The molecule has 1 aliphatic carbocycles. The maximum Gasteiger partial charge on any atom is 0.329 e. The zero-order chi connectivity index (χ0) is 13.7. The number of nitrogens with zero attached hydrogens (tertiary/aromatic N) is 2. The molecule has 5 nitrogen and oxygen atoms in total. The van der Waals surface area contributed by atoms with Crippen LogP contribution in [-0.4, -0.2) is 21.6 Å². The van der Waals surface area contributed by atoms with Crippen LogP contribution in [0.1, 0.15) is 37.8 Å². The molecule has 1 unspecified atom stereocenters. The zero-order valence-electron chi connectivity index (χ0n) is 11.2. The Morgan fingerprint density at radius 1 is 0.950 bits per heavy atom. The van der Waals surface area contributed by atoms with E-state index in [-0.39, 0.29) is 17.6 Å². The van der Waals surface area contributed by atoms with E-state index in [1.165, 1.54) is 0 Å². The molecule has 2 aliphatic rings. The number of fused-ring (bicyclic) bond motifs is 1. The van der Waals surface area contributed by atoms with Gasteiger partial charge in [0, 0.05) is 19.0 Å². The molecule has 104 valence electrons. The molecule has 5 heteroatoms. The van der Waals surface area contributed by atoms with E-state index in [1.807, 2.05) is 33.4 Å². The number of benzene rings is 1. The van der Waals surface area contributed by atoms with Crippen molar-refractivity contribution in [3.63, 3.8) is 0 Å². The Labute approximate surface area is 116 Å². The van der Waals surface area contributed by atoms with Crippen LogP contribution in [0.2, 0.25) is 0 Å². The molecule has 0 spiro atoms. The highest BCUT2D eigenvalue weighted by Gasteiger charge is 2.31. The Morgan fingerprint density at radius 3 is 2.15 bits per heavy atom. The number of nitrogens with one attached hydrogen (secondary N) is 1. The van der Waals surface area contributed by atoms with Crippen LogP contribution in [0.5, 0.6) is 0 Å². The summed E-state index contributed by atoms with van der Waals surface area (Å²) in [5.41, 5.74) is 2.09. The molecule has 20 heavy (non-hydrogen) atoms. The van der Waals surface area contributed by atoms with E-state index in [9.17, 15) is 9.59 Å². The number of carbonyl (C=O) groups is 1. The Bertz CT molecular complexity index is 729. The second-order valence-corrected chi connectivity index (χ2v) is 5.74. The molecule has 2 fully saturated rings. The third kappa shape index (κ3) is 1.69. The first kappa shape index (κ1) is 11.8. The topological polar surface area (TPSA) is 56.0 Å². The van der Waals surface area contributed by atoms with Gasteiger partial charge in [0.15, 0.2) is 0 Å². The fourth-order valence-electron chi connectivity index (χ4n) is 3.17. The molecule has 2 heterocycles. The van der Waals surface area contributed by atoms with E-state index in [1.54, 1.807) is 0 Å². The summed E-state index contributed by atoms with van der Waals surface area (Å²) < 4.78 is 3.82. The average Bonchev–Trinajstić information content (AvgIpc) is 3.24. The van der Waals surface area contributed by atoms with Gasteiger partial charge in [-0.2, -0.15) is 0 Å². The van der Waals surface area contributed by atoms with Crippen LogP contribution >= 0.6 is 0 Å². The number of imidazole rings is 1. The van der Waals surface area contributed by atoms with Crippen LogP contribution in [0.25, 0.3) is 11.0 Å². The summed E-state index contributed by atoms with van der Waals surface area (Å²) in [7, 11) is 0. The number of carbonyl (C=O) groups excluding carboxylic acids is 1. The summed E-state index contributed by atoms with van der Waals surface area (Å²) in [6, 6.07) is 8.42. The first-order valence-electron chi connectivity index (χ1n) is 7.24. The normalized spacial score (nSPS) is 23.0. The van der Waals surface area contributed by atoms with E-state index in [4.69, 9.17) is 0 Å². The van der Waals surface area contributed by atoms with Crippen molar-refractivity contribution in [1.82, 2.24) is 14.5 Å². The number of amides is 1. The molecule has 1 amide bonds. The molecule has 1 saturated carbocycles. The van der Waals surface area contributed by atoms with E-state index >= 15 is 0 Å². The van der Waals surface area contributed by atoms with Gasteiger partial charge in [-0.25, -0.2) is 4.79 Å². The maximum atomic E-state index is 12.8. The standard InChI is InChI=1S/C15H17N3O2/c19-14-8-7-11(9-16-14)18-13-4-2-1-3-12(13)17(15(18)20)10-5-6-10/h1-4,10-11H,5-9H2,(H,16,19).